The summed E-state index contributed by atoms with van der Waals surface area (Å²) in [6.07, 6.45) is -3.82. The van der Waals surface area contributed by atoms with Gasteiger partial charge in [-0.3, -0.25) is 9.59 Å². The Bertz CT molecular complexity index is 556. The molecule has 1 saturated carbocycles. The molecule has 4 nitrogen and oxygen atoms in total. The summed E-state index contributed by atoms with van der Waals surface area (Å²) in [6.45, 7) is 0. The largest absolute Gasteiger partial charge is 0.481 e. The summed E-state index contributed by atoms with van der Waals surface area (Å²) in [5.74, 6) is -21.4. The number of carboxylic acid groups (broad SMARTS) is 1. The van der Waals surface area contributed by atoms with Gasteiger partial charge < -0.3 is 9.84 Å². The second-order valence-electron chi connectivity index (χ2n) is 6.15. The van der Waals surface area contributed by atoms with Gasteiger partial charge in [0.15, 0.2) is 0 Å². The Balaban J connectivity index is 2.63. The maximum atomic E-state index is 13.5. The summed E-state index contributed by atoms with van der Waals surface area (Å²) < 4.78 is 104. The van der Waals surface area contributed by atoms with Crippen molar-refractivity contribution in [3.05, 3.63) is 0 Å². The highest BCUT2D eigenvalue weighted by Gasteiger charge is 2.79. The number of hydrogen-bond acceptors (Lipinski definition) is 3. The molecule has 0 radical (unpaired) electrons. The lowest BCUT2D eigenvalue weighted by Crippen LogP contribution is -2.60. The van der Waals surface area contributed by atoms with Crippen LogP contribution in [-0.4, -0.2) is 44.8 Å². The lowest BCUT2D eigenvalue weighted by molar-refractivity contribution is -0.343. The Kier molecular flexibility index (Phi) is 7.36. The number of alkyl halides is 9. The number of rotatable bonds is 8. The number of ether oxygens (including phenoxy) is 1. The standard InChI is InChI=1S/C14H15F8IO4/c15-11(16,12(17,18)13(19,20)14(21,22)23)6-5-9(24)27-8-3-1-7(2-4-8)10(25)26/h7-8H,1-6H2,(H,25,26). The van der Waals surface area contributed by atoms with Crippen LogP contribution in [0.1, 0.15) is 38.5 Å². The van der Waals surface area contributed by atoms with Crippen LogP contribution in [0.3, 0.4) is 0 Å². The second-order valence-corrected chi connectivity index (χ2v) is 7.51. The molecule has 0 spiro atoms. The second kappa shape index (κ2) is 8.23. The summed E-state index contributed by atoms with van der Waals surface area (Å²) >= 11 is -0.361. The van der Waals surface area contributed by atoms with Crippen molar-refractivity contribution in [1.29, 1.82) is 0 Å². The Labute approximate surface area is 161 Å². The third kappa shape index (κ3) is 5.34. The molecule has 1 aliphatic carbocycles. The molecule has 1 fully saturated rings. The van der Waals surface area contributed by atoms with Gasteiger partial charge in [-0.25, -0.2) is 0 Å². The van der Waals surface area contributed by atoms with E-state index in [-0.39, 0.29) is 48.3 Å². The highest BCUT2D eigenvalue weighted by molar-refractivity contribution is 14.1. The molecular weight excluding hydrogens is 511 g/mol. The fourth-order valence-corrected chi connectivity index (χ4v) is 2.83. The van der Waals surface area contributed by atoms with Crippen molar-refractivity contribution in [1.82, 2.24) is 0 Å². The molecule has 0 aromatic heterocycles. The maximum Gasteiger partial charge on any atom is 0.387 e. The van der Waals surface area contributed by atoms with Gasteiger partial charge in [0.1, 0.15) is 6.10 Å². The van der Waals surface area contributed by atoms with Gasteiger partial charge >= 0.3 is 33.6 Å². The minimum Gasteiger partial charge on any atom is -0.481 e. The molecule has 0 aliphatic heterocycles. The van der Waals surface area contributed by atoms with Gasteiger partial charge in [0, 0.05) is 29.0 Å². The van der Waals surface area contributed by atoms with Crippen LogP contribution in [0.2, 0.25) is 0 Å². The maximum absolute atomic E-state index is 13.5. The zero-order valence-corrected chi connectivity index (χ0v) is 15.6. The number of esters is 1. The quantitative estimate of drug-likeness (QED) is 0.212. The molecule has 1 aliphatic rings. The molecule has 0 amide bonds. The molecule has 0 heterocycles. The van der Waals surface area contributed by atoms with Gasteiger partial charge in [0.05, 0.1) is 12.3 Å². The first kappa shape index (κ1) is 24.1. The third-order valence-electron chi connectivity index (χ3n) is 4.17. The van der Waals surface area contributed by atoms with Crippen molar-refractivity contribution in [2.75, 3.05) is 0 Å². The third-order valence-corrected chi connectivity index (χ3v) is 4.85. The average molecular weight is 526 g/mol. The molecule has 0 bridgehead atoms. The van der Waals surface area contributed by atoms with Crippen molar-refractivity contribution in [3.8, 4) is 0 Å². The van der Waals surface area contributed by atoms with Gasteiger partial charge in [0.25, 0.3) is 0 Å². The number of hydrogen-bond donors (Lipinski definition) is 1. The van der Waals surface area contributed by atoms with Crippen molar-refractivity contribution in [2.24, 2.45) is 5.92 Å². The van der Waals surface area contributed by atoms with Crippen molar-refractivity contribution in [3.63, 3.8) is 0 Å². The SMILES string of the molecule is O=C(CCC(F)(F)C(F)(F)C(F)(F)C(F)(F)I)OC1CCC(C(=O)O)CC1. The molecule has 27 heavy (non-hydrogen) atoms. The van der Waals surface area contributed by atoms with E-state index in [4.69, 9.17) is 9.84 Å². The summed E-state index contributed by atoms with van der Waals surface area (Å²) in [5, 5.41) is 8.80. The fourth-order valence-electron chi connectivity index (χ4n) is 2.50. The first-order valence-electron chi connectivity index (χ1n) is 7.65. The van der Waals surface area contributed by atoms with E-state index in [1.54, 1.807) is 0 Å². The summed E-state index contributed by atoms with van der Waals surface area (Å²) in [7, 11) is 0. The topological polar surface area (TPSA) is 63.6 Å². The van der Waals surface area contributed by atoms with Crippen LogP contribution in [0.15, 0.2) is 0 Å². The van der Waals surface area contributed by atoms with Gasteiger partial charge in [0.2, 0.25) is 0 Å². The molecule has 13 heteroatoms. The van der Waals surface area contributed by atoms with Crippen LogP contribution in [0.25, 0.3) is 0 Å². The van der Waals surface area contributed by atoms with Gasteiger partial charge in [-0.2, -0.15) is 35.1 Å². The number of carbonyl (C=O) groups is 2. The predicted molar refractivity (Wildman–Crippen MR) is 82.5 cm³/mol. The molecule has 0 aromatic carbocycles. The van der Waals surface area contributed by atoms with Crippen LogP contribution >= 0.6 is 22.6 Å². The van der Waals surface area contributed by atoms with Crippen LogP contribution in [0.5, 0.6) is 0 Å². The molecule has 0 saturated heterocycles. The van der Waals surface area contributed by atoms with Crippen LogP contribution in [-0.2, 0) is 14.3 Å². The Morgan fingerprint density at radius 1 is 0.926 bits per heavy atom. The predicted octanol–water partition coefficient (Wildman–Crippen LogP) is 4.89. The molecule has 0 atom stereocenters. The number of carbonyl (C=O) groups excluding carboxylic acids is 1. The summed E-state index contributed by atoms with van der Waals surface area (Å²) in [5.41, 5.74) is 0. The molecule has 0 unspecified atom stereocenters. The van der Waals surface area contributed by atoms with Gasteiger partial charge in [-0.15, -0.1) is 0 Å². The van der Waals surface area contributed by atoms with Crippen LogP contribution in [0.4, 0.5) is 35.1 Å². The number of aliphatic carboxylic acids is 1. The van der Waals surface area contributed by atoms with Gasteiger partial charge in [-0.05, 0) is 25.7 Å². The van der Waals surface area contributed by atoms with E-state index in [9.17, 15) is 44.7 Å². The zero-order chi connectivity index (χ0) is 21.3. The molecule has 1 rings (SSSR count). The first-order valence-corrected chi connectivity index (χ1v) is 8.73. The average Bonchev–Trinajstić information content (AvgIpc) is 2.52. The molecule has 158 valence electrons. The van der Waals surface area contributed by atoms with E-state index in [0.29, 0.717) is 0 Å². The summed E-state index contributed by atoms with van der Waals surface area (Å²) in [4.78, 5) is 22.3. The molecule has 1 N–H and O–H groups in total. The van der Waals surface area contributed by atoms with Gasteiger partial charge in [-0.1, -0.05) is 0 Å². The van der Waals surface area contributed by atoms with Crippen molar-refractivity contribution >= 4 is 34.5 Å². The van der Waals surface area contributed by atoms with E-state index < -0.39 is 58.5 Å². The Hall–Kier alpha value is -0.890. The molecular formula is C14H15F8IO4. The Morgan fingerprint density at radius 3 is 1.81 bits per heavy atom. The lowest BCUT2D eigenvalue weighted by Gasteiger charge is -2.34. The minimum absolute atomic E-state index is 0.106. The van der Waals surface area contributed by atoms with E-state index in [0.717, 1.165) is 0 Å². The highest BCUT2D eigenvalue weighted by atomic mass is 127. The van der Waals surface area contributed by atoms with E-state index >= 15 is 0 Å². The number of halogens is 9. The fraction of sp³-hybridized carbons (Fsp3) is 0.857. The summed E-state index contributed by atoms with van der Waals surface area (Å²) in [6, 6.07) is 0. The van der Waals surface area contributed by atoms with E-state index in [1.165, 1.54) is 0 Å². The Morgan fingerprint density at radius 2 is 1.41 bits per heavy atom. The van der Waals surface area contributed by atoms with E-state index in [1.807, 2.05) is 0 Å². The zero-order valence-electron chi connectivity index (χ0n) is 13.5. The van der Waals surface area contributed by atoms with E-state index in [2.05, 4.69) is 0 Å². The van der Waals surface area contributed by atoms with Crippen LogP contribution < -0.4 is 0 Å². The van der Waals surface area contributed by atoms with Crippen molar-refractivity contribution in [2.45, 2.75) is 66.3 Å². The van der Waals surface area contributed by atoms with Crippen molar-refractivity contribution < 1.29 is 54.6 Å². The van der Waals surface area contributed by atoms with Crippen LogP contribution in [0, 0.1) is 5.92 Å². The minimum atomic E-state index is -6.40. The monoisotopic (exact) mass is 526 g/mol. The lowest BCUT2D eigenvalue weighted by atomic mass is 9.87. The first-order chi connectivity index (χ1) is 12.0. The molecule has 0 aromatic rings. The normalized spacial score (nSPS) is 22.4. The smallest absolute Gasteiger partial charge is 0.387 e. The number of carboxylic acids is 1. The highest BCUT2D eigenvalue weighted by Crippen LogP contribution is 2.55.